The molecule has 1 aromatic carbocycles. The topological polar surface area (TPSA) is 55.4 Å². The van der Waals surface area contributed by atoms with Gasteiger partial charge in [-0.25, -0.2) is 4.79 Å². The number of hydrogen-bond donors (Lipinski definition) is 1. The fraction of sp³-hybridized carbons (Fsp3) is 0.500. The molecule has 0 heterocycles. The molecule has 1 amide bonds. The first-order chi connectivity index (χ1) is 9.92. The van der Waals surface area contributed by atoms with E-state index < -0.39 is 12.0 Å². The summed E-state index contributed by atoms with van der Waals surface area (Å²) in [6.07, 6.45) is 1.51. The number of ether oxygens (including phenoxy) is 1. The van der Waals surface area contributed by atoms with E-state index in [0.29, 0.717) is 30.2 Å². The van der Waals surface area contributed by atoms with Gasteiger partial charge >= 0.3 is 5.97 Å². The predicted octanol–water partition coefficient (Wildman–Crippen LogP) is 2.98. The summed E-state index contributed by atoms with van der Waals surface area (Å²) in [5.74, 6) is -0.254. The van der Waals surface area contributed by atoms with Crippen LogP contribution >= 0.6 is 11.6 Å². The summed E-state index contributed by atoms with van der Waals surface area (Å²) in [6, 6.07) is 6.80. The maximum absolute atomic E-state index is 12.0. The molecule has 1 N–H and O–H groups in total. The Morgan fingerprint density at radius 1 is 1.24 bits per heavy atom. The number of benzene rings is 1. The van der Waals surface area contributed by atoms with Crippen LogP contribution in [-0.4, -0.2) is 25.0 Å². The fourth-order valence-corrected chi connectivity index (χ4v) is 2.13. The molecule has 0 aliphatic rings. The van der Waals surface area contributed by atoms with Crippen molar-refractivity contribution in [1.29, 1.82) is 0 Å². The maximum atomic E-state index is 12.0. The van der Waals surface area contributed by atoms with Gasteiger partial charge in [-0.2, -0.15) is 0 Å². The molecule has 1 aromatic rings. The first kappa shape index (κ1) is 17.5. The van der Waals surface area contributed by atoms with Gasteiger partial charge in [-0.1, -0.05) is 37.6 Å². The van der Waals surface area contributed by atoms with E-state index in [1.54, 1.807) is 12.1 Å². The first-order valence-electron chi connectivity index (χ1n) is 7.04. The van der Waals surface area contributed by atoms with Gasteiger partial charge in [0.15, 0.2) is 0 Å². The number of methoxy groups -OCH3 is 1. The Labute approximate surface area is 130 Å². The average molecular weight is 312 g/mol. The van der Waals surface area contributed by atoms with Crippen LogP contribution in [0.2, 0.25) is 5.02 Å². The van der Waals surface area contributed by atoms with E-state index in [2.05, 4.69) is 5.32 Å². The fourth-order valence-electron chi connectivity index (χ4n) is 2.00. The molecule has 0 fully saturated rings. The van der Waals surface area contributed by atoms with Crippen LogP contribution in [0.5, 0.6) is 0 Å². The van der Waals surface area contributed by atoms with E-state index in [9.17, 15) is 9.59 Å². The molecule has 1 unspecified atom stereocenters. The van der Waals surface area contributed by atoms with E-state index in [0.717, 1.165) is 5.56 Å². The summed E-state index contributed by atoms with van der Waals surface area (Å²) in [5, 5.41) is 3.41. The van der Waals surface area contributed by atoms with Crippen molar-refractivity contribution in [3.05, 3.63) is 34.9 Å². The number of carbonyl (C=O) groups excluding carboxylic acids is 2. The molecule has 1 atom stereocenters. The van der Waals surface area contributed by atoms with Crippen LogP contribution in [-0.2, 0) is 20.7 Å². The highest BCUT2D eigenvalue weighted by Crippen LogP contribution is 2.11. The van der Waals surface area contributed by atoms with Gasteiger partial charge in [0.2, 0.25) is 5.91 Å². The van der Waals surface area contributed by atoms with E-state index in [-0.39, 0.29) is 5.91 Å². The van der Waals surface area contributed by atoms with E-state index in [4.69, 9.17) is 16.3 Å². The summed E-state index contributed by atoms with van der Waals surface area (Å²) < 4.78 is 4.72. The third-order valence-electron chi connectivity index (χ3n) is 3.08. The van der Waals surface area contributed by atoms with Crippen LogP contribution in [0.1, 0.15) is 32.3 Å². The Morgan fingerprint density at radius 2 is 1.86 bits per heavy atom. The van der Waals surface area contributed by atoms with Gasteiger partial charge in [0.05, 0.1) is 7.11 Å². The molecular formula is C16H22ClNO3. The second-order valence-corrected chi connectivity index (χ2v) is 5.84. The minimum Gasteiger partial charge on any atom is -0.467 e. The molecule has 5 heteroatoms. The molecule has 1 rings (SSSR count). The summed E-state index contributed by atoms with van der Waals surface area (Å²) in [4.78, 5) is 23.6. The SMILES string of the molecule is COC(=O)C(CC(C)C)NC(=O)CCc1ccc(Cl)cc1. The third-order valence-corrected chi connectivity index (χ3v) is 3.33. The summed E-state index contributed by atoms with van der Waals surface area (Å²) in [5.41, 5.74) is 1.04. The van der Waals surface area contributed by atoms with Crippen LogP contribution < -0.4 is 5.32 Å². The number of hydrogen-bond acceptors (Lipinski definition) is 3. The van der Waals surface area contributed by atoms with Crippen LogP contribution in [0.4, 0.5) is 0 Å². The lowest BCUT2D eigenvalue weighted by Crippen LogP contribution is -2.42. The van der Waals surface area contributed by atoms with Crippen molar-refractivity contribution in [2.24, 2.45) is 5.92 Å². The smallest absolute Gasteiger partial charge is 0.328 e. The van der Waals surface area contributed by atoms with Gasteiger partial charge in [0.25, 0.3) is 0 Å². The Kier molecular flexibility index (Phi) is 7.23. The lowest BCUT2D eigenvalue weighted by molar-refractivity contribution is -0.145. The first-order valence-corrected chi connectivity index (χ1v) is 7.41. The van der Waals surface area contributed by atoms with Crippen molar-refractivity contribution in [2.75, 3.05) is 7.11 Å². The largest absolute Gasteiger partial charge is 0.467 e. The van der Waals surface area contributed by atoms with Gasteiger partial charge < -0.3 is 10.1 Å². The third kappa shape index (κ3) is 6.63. The number of halogens is 1. The molecule has 0 aromatic heterocycles. The quantitative estimate of drug-likeness (QED) is 0.788. The predicted molar refractivity (Wildman–Crippen MR) is 83.2 cm³/mol. The van der Waals surface area contributed by atoms with Crippen molar-refractivity contribution >= 4 is 23.5 Å². The Hall–Kier alpha value is -1.55. The van der Waals surface area contributed by atoms with Gasteiger partial charge in [-0.05, 0) is 36.5 Å². The van der Waals surface area contributed by atoms with Gasteiger partial charge in [0.1, 0.15) is 6.04 Å². The molecular weight excluding hydrogens is 290 g/mol. The molecule has 0 aliphatic carbocycles. The average Bonchev–Trinajstić information content (AvgIpc) is 2.44. The summed E-state index contributed by atoms with van der Waals surface area (Å²) >= 11 is 5.81. The summed E-state index contributed by atoms with van der Waals surface area (Å²) in [6.45, 7) is 3.99. The van der Waals surface area contributed by atoms with Gasteiger partial charge in [-0.15, -0.1) is 0 Å². The highest BCUT2D eigenvalue weighted by molar-refractivity contribution is 6.30. The molecule has 0 saturated heterocycles. The molecule has 0 aliphatic heterocycles. The normalized spacial score (nSPS) is 12.0. The number of nitrogens with one attached hydrogen (secondary N) is 1. The highest BCUT2D eigenvalue weighted by Gasteiger charge is 2.22. The van der Waals surface area contributed by atoms with Gasteiger partial charge in [0, 0.05) is 11.4 Å². The van der Waals surface area contributed by atoms with E-state index >= 15 is 0 Å². The standard InChI is InChI=1S/C16H22ClNO3/c1-11(2)10-14(16(20)21-3)18-15(19)9-6-12-4-7-13(17)8-5-12/h4-5,7-8,11,14H,6,9-10H2,1-3H3,(H,18,19). The number of esters is 1. The zero-order valence-corrected chi connectivity index (χ0v) is 13.4. The zero-order valence-electron chi connectivity index (χ0n) is 12.7. The number of amides is 1. The van der Waals surface area contributed by atoms with Gasteiger partial charge in [-0.3, -0.25) is 4.79 Å². The molecule has 0 saturated carbocycles. The molecule has 0 radical (unpaired) electrons. The molecule has 116 valence electrons. The van der Waals surface area contributed by atoms with Crippen molar-refractivity contribution in [2.45, 2.75) is 39.2 Å². The lowest BCUT2D eigenvalue weighted by Gasteiger charge is -2.18. The van der Waals surface area contributed by atoms with Crippen molar-refractivity contribution in [3.63, 3.8) is 0 Å². The highest BCUT2D eigenvalue weighted by atomic mass is 35.5. The number of rotatable bonds is 7. The number of aryl methyl sites for hydroxylation is 1. The molecule has 21 heavy (non-hydrogen) atoms. The molecule has 0 spiro atoms. The van der Waals surface area contributed by atoms with Crippen LogP contribution in [0.15, 0.2) is 24.3 Å². The van der Waals surface area contributed by atoms with Crippen molar-refractivity contribution in [3.8, 4) is 0 Å². The lowest BCUT2D eigenvalue weighted by atomic mass is 10.0. The number of carbonyl (C=O) groups is 2. The van der Waals surface area contributed by atoms with Crippen molar-refractivity contribution < 1.29 is 14.3 Å². The van der Waals surface area contributed by atoms with Crippen molar-refractivity contribution in [1.82, 2.24) is 5.32 Å². The minimum absolute atomic E-state index is 0.152. The van der Waals surface area contributed by atoms with E-state index in [1.165, 1.54) is 7.11 Å². The van der Waals surface area contributed by atoms with Crippen LogP contribution in [0, 0.1) is 5.92 Å². The molecule has 4 nitrogen and oxygen atoms in total. The Balaban J connectivity index is 2.49. The Bertz CT molecular complexity index is 471. The second kappa shape index (κ2) is 8.67. The Morgan fingerprint density at radius 3 is 2.38 bits per heavy atom. The zero-order chi connectivity index (χ0) is 15.8. The minimum atomic E-state index is -0.576. The summed E-state index contributed by atoms with van der Waals surface area (Å²) in [7, 11) is 1.33. The monoisotopic (exact) mass is 311 g/mol. The van der Waals surface area contributed by atoms with Crippen LogP contribution in [0.3, 0.4) is 0 Å². The molecule has 0 bridgehead atoms. The maximum Gasteiger partial charge on any atom is 0.328 e. The van der Waals surface area contributed by atoms with Crippen LogP contribution in [0.25, 0.3) is 0 Å². The second-order valence-electron chi connectivity index (χ2n) is 5.40. The van der Waals surface area contributed by atoms with E-state index in [1.807, 2.05) is 26.0 Å².